The number of hydrogen-bond donors (Lipinski definition) is 2. The Hall–Kier alpha value is -0.650. The van der Waals surface area contributed by atoms with Gasteiger partial charge >= 0.3 is 0 Å². The maximum Gasteiger partial charge on any atom is 0.166 e. The average Bonchev–Trinajstić information content (AvgIpc) is 2.28. The predicted octanol–water partition coefficient (Wildman–Crippen LogP) is 2.06. The van der Waals surface area contributed by atoms with Crippen molar-refractivity contribution in [3.05, 3.63) is 34.3 Å². The number of hydrogen-bond acceptors (Lipinski definition) is 2. The molecular weight excluding hydrogens is 288 g/mol. The fourth-order valence-electron chi connectivity index (χ4n) is 1.15. The van der Waals surface area contributed by atoms with Crippen LogP contribution in [0.3, 0.4) is 0 Å². The molecule has 0 fully saturated rings. The molecule has 0 heterocycles. The smallest absolute Gasteiger partial charge is 0.166 e. The minimum absolute atomic E-state index is 0.646. The van der Waals surface area contributed by atoms with Gasteiger partial charge in [-0.05, 0) is 23.8 Å². The molecule has 0 saturated heterocycles. The van der Waals surface area contributed by atoms with Gasteiger partial charge in [0.25, 0.3) is 0 Å². The minimum Gasteiger partial charge on any atom is -0.383 e. The van der Waals surface area contributed by atoms with E-state index in [-0.39, 0.29) is 0 Å². The molecule has 0 aromatic heterocycles. The monoisotopic (exact) mass is 302 g/mol. The van der Waals surface area contributed by atoms with Crippen molar-refractivity contribution in [2.45, 2.75) is 6.54 Å². The van der Waals surface area contributed by atoms with E-state index >= 15 is 0 Å². The molecule has 0 aliphatic heterocycles. The van der Waals surface area contributed by atoms with Crippen LogP contribution in [0.15, 0.2) is 28.7 Å². The quantitative estimate of drug-likeness (QED) is 0.644. The van der Waals surface area contributed by atoms with E-state index in [0.29, 0.717) is 18.3 Å². The molecule has 0 radical (unpaired) electrons. The molecule has 0 saturated carbocycles. The van der Waals surface area contributed by atoms with Gasteiger partial charge in [0.1, 0.15) is 0 Å². The first-order chi connectivity index (χ1) is 7.74. The van der Waals surface area contributed by atoms with Crippen LogP contribution in [0.1, 0.15) is 5.56 Å². The Morgan fingerprint density at radius 2 is 2.12 bits per heavy atom. The first-order valence-electron chi connectivity index (χ1n) is 4.98. The van der Waals surface area contributed by atoms with E-state index < -0.39 is 0 Å². The van der Waals surface area contributed by atoms with Crippen molar-refractivity contribution in [2.75, 3.05) is 20.3 Å². The van der Waals surface area contributed by atoms with Crippen LogP contribution in [0.25, 0.3) is 0 Å². The summed E-state index contributed by atoms with van der Waals surface area (Å²) in [6.07, 6.45) is 0. The summed E-state index contributed by atoms with van der Waals surface area (Å²) in [6.45, 7) is 2.08. The van der Waals surface area contributed by atoms with Crippen LogP contribution in [0, 0.1) is 0 Å². The largest absolute Gasteiger partial charge is 0.383 e. The first kappa shape index (κ1) is 13.4. The zero-order valence-electron chi connectivity index (χ0n) is 9.13. The number of rotatable bonds is 5. The molecule has 0 spiro atoms. The normalized spacial score (nSPS) is 9.88. The summed E-state index contributed by atoms with van der Waals surface area (Å²) < 4.78 is 6.00. The van der Waals surface area contributed by atoms with Crippen LogP contribution < -0.4 is 10.6 Å². The molecule has 3 nitrogen and oxygen atoms in total. The van der Waals surface area contributed by atoms with Crippen molar-refractivity contribution >= 4 is 33.3 Å². The fourth-order valence-corrected chi connectivity index (χ4v) is 1.75. The van der Waals surface area contributed by atoms with E-state index in [4.69, 9.17) is 17.0 Å². The van der Waals surface area contributed by atoms with Gasteiger partial charge in [0.2, 0.25) is 0 Å². The Morgan fingerprint density at radius 1 is 1.38 bits per heavy atom. The Morgan fingerprint density at radius 3 is 2.81 bits per heavy atom. The molecule has 0 amide bonds. The highest BCUT2D eigenvalue weighted by molar-refractivity contribution is 9.10. The van der Waals surface area contributed by atoms with Gasteiger partial charge in [-0.3, -0.25) is 0 Å². The molecule has 0 atom stereocenters. The number of ether oxygens (including phenoxy) is 1. The average molecular weight is 303 g/mol. The highest BCUT2D eigenvalue weighted by Gasteiger charge is 1.99. The molecule has 0 aliphatic rings. The summed E-state index contributed by atoms with van der Waals surface area (Å²) in [5.41, 5.74) is 1.18. The van der Waals surface area contributed by atoms with Crippen LogP contribution in [-0.4, -0.2) is 25.4 Å². The molecule has 1 aromatic rings. The summed E-state index contributed by atoms with van der Waals surface area (Å²) >= 11 is 8.60. The molecule has 2 N–H and O–H groups in total. The number of thiocarbonyl (C=S) groups is 1. The molecule has 16 heavy (non-hydrogen) atoms. The maximum atomic E-state index is 5.12. The second-order valence-corrected chi connectivity index (χ2v) is 4.46. The fraction of sp³-hybridized carbons (Fsp3) is 0.364. The summed E-state index contributed by atoms with van der Waals surface area (Å²) in [4.78, 5) is 0. The van der Waals surface area contributed by atoms with Crippen molar-refractivity contribution in [1.29, 1.82) is 0 Å². The van der Waals surface area contributed by atoms with Gasteiger partial charge in [-0.1, -0.05) is 34.1 Å². The number of halogens is 1. The molecule has 1 aromatic carbocycles. The van der Waals surface area contributed by atoms with Gasteiger partial charge in [0.05, 0.1) is 6.61 Å². The van der Waals surface area contributed by atoms with Gasteiger partial charge in [-0.15, -0.1) is 0 Å². The second kappa shape index (κ2) is 7.60. The van der Waals surface area contributed by atoms with Crippen molar-refractivity contribution in [3.8, 4) is 0 Å². The molecular formula is C11H15BrN2OS. The van der Waals surface area contributed by atoms with Crippen LogP contribution in [0.2, 0.25) is 0 Å². The van der Waals surface area contributed by atoms with E-state index in [9.17, 15) is 0 Å². The second-order valence-electron chi connectivity index (χ2n) is 3.19. The van der Waals surface area contributed by atoms with Gasteiger partial charge in [0, 0.05) is 24.7 Å². The van der Waals surface area contributed by atoms with Crippen molar-refractivity contribution < 1.29 is 4.74 Å². The third-order valence-electron chi connectivity index (χ3n) is 1.99. The highest BCUT2D eigenvalue weighted by atomic mass is 79.9. The van der Waals surface area contributed by atoms with E-state index in [2.05, 4.69) is 32.6 Å². The topological polar surface area (TPSA) is 33.3 Å². The molecule has 1 rings (SSSR count). The summed E-state index contributed by atoms with van der Waals surface area (Å²) in [7, 11) is 1.67. The van der Waals surface area contributed by atoms with E-state index in [1.165, 1.54) is 5.56 Å². The van der Waals surface area contributed by atoms with E-state index in [1.807, 2.05) is 18.2 Å². The SMILES string of the molecule is COCCNC(=S)NCc1ccccc1Br. The minimum atomic E-state index is 0.646. The van der Waals surface area contributed by atoms with Gasteiger partial charge in [-0.25, -0.2) is 0 Å². The zero-order valence-corrected chi connectivity index (χ0v) is 11.5. The number of benzene rings is 1. The lowest BCUT2D eigenvalue weighted by Gasteiger charge is -2.10. The maximum absolute atomic E-state index is 5.12. The standard InChI is InChI=1S/C11H15BrN2OS/c1-15-7-6-13-11(16)14-8-9-4-2-3-5-10(9)12/h2-5H,6-8H2,1H3,(H2,13,14,16). The van der Waals surface area contributed by atoms with Gasteiger partial charge < -0.3 is 15.4 Å². The van der Waals surface area contributed by atoms with Gasteiger partial charge in [0.15, 0.2) is 5.11 Å². The van der Waals surface area contributed by atoms with Crippen LogP contribution in [-0.2, 0) is 11.3 Å². The van der Waals surface area contributed by atoms with Gasteiger partial charge in [-0.2, -0.15) is 0 Å². The van der Waals surface area contributed by atoms with Crippen molar-refractivity contribution in [1.82, 2.24) is 10.6 Å². The van der Waals surface area contributed by atoms with E-state index in [1.54, 1.807) is 7.11 Å². The van der Waals surface area contributed by atoms with Crippen molar-refractivity contribution in [2.24, 2.45) is 0 Å². The Labute approximate surface area is 110 Å². The lowest BCUT2D eigenvalue weighted by molar-refractivity contribution is 0.204. The first-order valence-corrected chi connectivity index (χ1v) is 6.18. The molecule has 0 aliphatic carbocycles. The number of methoxy groups -OCH3 is 1. The predicted molar refractivity (Wildman–Crippen MR) is 73.5 cm³/mol. The summed E-state index contributed by atoms with van der Waals surface area (Å²) in [6, 6.07) is 8.05. The number of nitrogens with one attached hydrogen (secondary N) is 2. The summed E-state index contributed by atoms with van der Waals surface area (Å²) in [5, 5.41) is 6.83. The molecule has 5 heteroatoms. The molecule has 0 bridgehead atoms. The van der Waals surface area contributed by atoms with Crippen LogP contribution in [0.4, 0.5) is 0 Å². The molecule has 0 unspecified atom stereocenters. The summed E-state index contributed by atoms with van der Waals surface area (Å²) in [5.74, 6) is 0. The van der Waals surface area contributed by atoms with Crippen molar-refractivity contribution in [3.63, 3.8) is 0 Å². The van der Waals surface area contributed by atoms with Crippen LogP contribution in [0.5, 0.6) is 0 Å². The highest BCUT2D eigenvalue weighted by Crippen LogP contribution is 2.15. The van der Waals surface area contributed by atoms with E-state index in [0.717, 1.165) is 11.0 Å². The lowest BCUT2D eigenvalue weighted by atomic mass is 10.2. The zero-order chi connectivity index (χ0) is 11.8. The Kier molecular flexibility index (Phi) is 6.37. The van der Waals surface area contributed by atoms with Crippen LogP contribution >= 0.6 is 28.1 Å². The molecule has 88 valence electrons. The Balaban J connectivity index is 2.29. The third-order valence-corrected chi connectivity index (χ3v) is 3.05. The Bertz CT molecular complexity index is 347. The lowest BCUT2D eigenvalue weighted by Crippen LogP contribution is -2.36. The third kappa shape index (κ3) is 4.92.